The lowest BCUT2D eigenvalue weighted by Crippen LogP contribution is -2.05. The molecule has 0 heterocycles. The topological polar surface area (TPSA) is 17.1 Å². The van der Waals surface area contributed by atoms with Gasteiger partial charge in [-0.1, -0.05) is 58.4 Å². The summed E-state index contributed by atoms with van der Waals surface area (Å²) in [5.74, 6) is 0.0607. The zero-order chi connectivity index (χ0) is 16.9. The first-order chi connectivity index (χ1) is 11.6. The van der Waals surface area contributed by atoms with Crippen LogP contribution in [0.2, 0.25) is 0 Å². The predicted molar refractivity (Wildman–Crippen MR) is 105 cm³/mol. The Labute approximate surface area is 152 Å². The standard InChI is InChI=1S/C22H21BrO/c1-16(23)21(18-8-3-2-4-9-18)13-14-22(24)20-12-11-17-7-5-6-10-19(17)15-20/h2-4,8-9,11-15H,5-7,10H2,1H3. The zero-order valence-corrected chi connectivity index (χ0v) is 15.5. The van der Waals surface area contributed by atoms with E-state index in [4.69, 9.17) is 0 Å². The second-order valence-corrected chi connectivity index (χ2v) is 7.39. The summed E-state index contributed by atoms with van der Waals surface area (Å²) >= 11 is 3.55. The number of ketones is 1. The molecule has 0 atom stereocenters. The van der Waals surface area contributed by atoms with E-state index in [-0.39, 0.29) is 5.78 Å². The Balaban J connectivity index is 1.83. The first-order valence-corrected chi connectivity index (χ1v) is 9.20. The number of aryl methyl sites for hydroxylation is 2. The molecule has 0 aromatic heterocycles. The quantitative estimate of drug-likeness (QED) is 0.354. The lowest BCUT2D eigenvalue weighted by atomic mass is 9.89. The molecule has 0 N–H and O–H groups in total. The Hall–Kier alpha value is -1.93. The molecular formula is C22H21BrO. The average Bonchev–Trinajstić information content (AvgIpc) is 2.62. The van der Waals surface area contributed by atoms with Crippen LogP contribution in [-0.2, 0) is 12.8 Å². The van der Waals surface area contributed by atoms with E-state index in [1.807, 2.05) is 49.4 Å². The van der Waals surface area contributed by atoms with E-state index in [1.54, 1.807) is 6.08 Å². The van der Waals surface area contributed by atoms with Crippen molar-refractivity contribution in [3.8, 4) is 0 Å². The predicted octanol–water partition coefficient (Wildman–Crippen LogP) is 6.13. The van der Waals surface area contributed by atoms with Crippen molar-refractivity contribution in [1.82, 2.24) is 0 Å². The summed E-state index contributed by atoms with van der Waals surface area (Å²) in [4.78, 5) is 12.6. The molecule has 2 heteroatoms. The van der Waals surface area contributed by atoms with Gasteiger partial charge in [0, 0.05) is 5.56 Å². The van der Waals surface area contributed by atoms with Gasteiger partial charge in [0.25, 0.3) is 0 Å². The minimum atomic E-state index is 0.0607. The van der Waals surface area contributed by atoms with Gasteiger partial charge in [0.05, 0.1) is 0 Å². The van der Waals surface area contributed by atoms with Gasteiger partial charge in [0.1, 0.15) is 0 Å². The minimum absolute atomic E-state index is 0.0607. The molecule has 0 amide bonds. The largest absolute Gasteiger partial charge is 0.289 e. The van der Waals surface area contributed by atoms with Crippen molar-refractivity contribution < 1.29 is 4.79 Å². The van der Waals surface area contributed by atoms with Crippen molar-refractivity contribution in [2.45, 2.75) is 32.6 Å². The first kappa shape index (κ1) is 16.9. The lowest BCUT2D eigenvalue weighted by Gasteiger charge is -2.15. The number of benzene rings is 2. The highest BCUT2D eigenvalue weighted by Crippen LogP contribution is 2.25. The monoisotopic (exact) mass is 380 g/mol. The minimum Gasteiger partial charge on any atom is -0.289 e. The third-order valence-corrected chi connectivity index (χ3v) is 4.92. The molecule has 2 aromatic carbocycles. The van der Waals surface area contributed by atoms with Gasteiger partial charge in [0.2, 0.25) is 0 Å². The summed E-state index contributed by atoms with van der Waals surface area (Å²) in [5, 5.41) is 0. The fraction of sp³-hybridized carbons (Fsp3) is 0.227. The van der Waals surface area contributed by atoms with Gasteiger partial charge in [-0.25, -0.2) is 0 Å². The van der Waals surface area contributed by atoms with Gasteiger partial charge in [-0.2, -0.15) is 0 Å². The molecule has 0 saturated heterocycles. The van der Waals surface area contributed by atoms with Crippen LogP contribution in [0.3, 0.4) is 0 Å². The van der Waals surface area contributed by atoms with E-state index in [1.165, 1.54) is 24.0 Å². The van der Waals surface area contributed by atoms with Crippen LogP contribution < -0.4 is 0 Å². The van der Waals surface area contributed by atoms with Crippen LogP contribution in [0.15, 0.2) is 65.2 Å². The van der Waals surface area contributed by atoms with Crippen molar-refractivity contribution in [3.05, 3.63) is 87.4 Å². The molecule has 3 rings (SSSR count). The lowest BCUT2D eigenvalue weighted by molar-refractivity contribution is 0.104. The SMILES string of the molecule is CC(Br)=C(C=CC(=O)c1ccc2c(c1)CCCC2)c1ccccc1. The Morgan fingerprint density at radius 2 is 1.62 bits per heavy atom. The van der Waals surface area contributed by atoms with Crippen molar-refractivity contribution >= 4 is 27.3 Å². The molecule has 0 bridgehead atoms. The van der Waals surface area contributed by atoms with Crippen LogP contribution >= 0.6 is 15.9 Å². The van der Waals surface area contributed by atoms with Gasteiger partial charge >= 0.3 is 0 Å². The fourth-order valence-corrected chi connectivity index (χ4v) is 3.53. The Bertz CT molecular complexity index is 796. The summed E-state index contributed by atoms with van der Waals surface area (Å²) in [6, 6.07) is 16.3. The number of allylic oxidation sites excluding steroid dienone is 4. The highest BCUT2D eigenvalue weighted by molar-refractivity contribution is 9.11. The highest BCUT2D eigenvalue weighted by Gasteiger charge is 2.11. The van der Waals surface area contributed by atoms with E-state index >= 15 is 0 Å². The fourth-order valence-electron chi connectivity index (χ4n) is 3.17. The molecular weight excluding hydrogens is 360 g/mol. The van der Waals surface area contributed by atoms with E-state index < -0.39 is 0 Å². The van der Waals surface area contributed by atoms with Crippen molar-refractivity contribution in [1.29, 1.82) is 0 Å². The van der Waals surface area contributed by atoms with Crippen LogP contribution in [0.4, 0.5) is 0 Å². The average molecular weight is 381 g/mol. The molecule has 24 heavy (non-hydrogen) atoms. The van der Waals surface area contributed by atoms with Crippen molar-refractivity contribution in [2.75, 3.05) is 0 Å². The number of carbonyl (C=O) groups is 1. The molecule has 0 fully saturated rings. The number of carbonyl (C=O) groups excluding carboxylic acids is 1. The van der Waals surface area contributed by atoms with E-state index in [0.717, 1.165) is 34.0 Å². The molecule has 0 unspecified atom stereocenters. The first-order valence-electron chi connectivity index (χ1n) is 8.41. The third kappa shape index (κ3) is 3.93. The summed E-state index contributed by atoms with van der Waals surface area (Å²) in [6.45, 7) is 2.00. The maximum Gasteiger partial charge on any atom is 0.185 e. The van der Waals surface area contributed by atoms with Crippen LogP contribution in [0, 0.1) is 0 Å². The molecule has 0 saturated carbocycles. The molecule has 122 valence electrons. The molecule has 0 spiro atoms. The second-order valence-electron chi connectivity index (χ2n) is 6.20. The molecule has 0 radical (unpaired) electrons. The Morgan fingerprint density at radius 3 is 2.33 bits per heavy atom. The van der Waals surface area contributed by atoms with E-state index in [2.05, 4.69) is 28.1 Å². The van der Waals surface area contributed by atoms with Crippen LogP contribution in [0.25, 0.3) is 5.57 Å². The van der Waals surface area contributed by atoms with E-state index in [9.17, 15) is 4.79 Å². The smallest absolute Gasteiger partial charge is 0.185 e. The summed E-state index contributed by atoms with van der Waals surface area (Å²) in [5.41, 5.74) is 5.66. The van der Waals surface area contributed by atoms with E-state index in [0.29, 0.717) is 0 Å². The third-order valence-electron chi connectivity index (χ3n) is 4.49. The van der Waals surface area contributed by atoms with Crippen molar-refractivity contribution in [3.63, 3.8) is 0 Å². The van der Waals surface area contributed by atoms with Crippen LogP contribution in [0.1, 0.15) is 46.8 Å². The van der Waals surface area contributed by atoms with Crippen molar-refractivity contribution in [2.24, 2.45) is 0 Å². The summed E-state index contributed by atoms with van der Waals surface area (Å²) in [6.07, 6.45) is 8.30. The Kier molecular flexibility index (Phi) is 5.47. The molecule has 1 nitrogen and oxygen atoms in total. The van der Waals surface area contributed by atoms with Crippen LogP contribution in [-0.4, -0.2) is 5.78 Å². The van der Waals surface area contributed by atoms with Gasteiger partial charge < -0.3 is 0 Å². The summed E-state index contributed by atoms with van der Waals surface area (Å²) in [7, 11) is 0. The number of rotatable bonds is 4. The normalized spacial score (nSPS) is 15.1. The molecule has 2 aromatic rings. The summed E-state index contributed by atoms with van der Waals surface area (Å²) < 4.78 is 1.02. The second kappa shape index (κ2) is 7.76. The van der Waals surface area contributed by atoms with Crippen LogP contribution in [0.5, 0.6) is 0 Å². The molecule has 1 aliphatic carbocycles. The number of hydrogen-bond acceptors (Lipinski definition) is 1. The molecule has 1 aliphatic rings. The number of hydrogen-bond donors (Lipinski definition) is 0. The van der Waals surface area contributed by atoms with Gasteiger partial charge in [-0.3, -0.25) is 4.79 Å². The zero-order valence-electron chi connectivity index (χ0n) is 13.9. The Morgan fingerprint density at radius 1 is 0.917 bits per heavy atom. The van der Waals surface area contributed by atoms with Gasteiger partial charge in [-0.05, 0) is 77.6 Å². The van der Waals surface area contributed by atoms with Gasteiger partial charge in [0.15, 0.2) is 5.78 Å². The maximum atomic E-state index is 12.6. The number of fused-ring (bicyclic) bond motifs is 1. The van der Waals surface area contributed by atoms with Gasteiger partial charge in [-0.15, -0.1) is 0 Å². The highest BCUT2D eigenvalue weighted by atomic mass is 79.9. The maximum absolute atomic E-state index is 12.6. The number of halogens is 1. The molecule has 0 aliphatic heterocycles.